The van der Waals surface area contributed by atoms with Gasteiger partial charge in [0.25, 0.3) is 0 Å². The number of nitriles is 1. The van der Waals surface area contributed by atoms with Gasteiger partial charge in [0.1, 0.15) is 6.07 Å². The van der Waals surface area contributed by atoms with Crippen LogP contribution in [-0.2, 0) is 0 Å². The first-order chi connectivity index (χ1) is 12.6. The Bertz CT molecular complexity index is 949. The first-order valence-corrected chi connectivity index (χ1v) is 8.74. The van der Waals surface area contributed by atoms with Crippen LogP contribution in [0.15, 0.2) is 33.2 Å². The van der Waals surface area contributed by atoms with Crippen LogP contribution in [0.5, 0.6) is 0 Å². The van der Waals surface area contributed by atoms with Crippen LogP contribution in [0.4, 0.5) is 5.88 Å². The Morgan fingerprint density at radius 3 is 2.62 bits per heavy atom. The van der Waals surface area contributed by atoms with Gasteiger partial charge in [-0.15, -0.1) is 0 Å². The monoisotopic (exact) mass is 369 g/mol. The third-order valence-electron chi connectivity index (χ3n) is 4.50. The lowest BCUT2D eigenvalue weighted by Crippen LogP contribution is -2.33. The Kier molecular flexibility index (Phi) is 4.35. The third kappa shape index (κ3) is 3.16. The predicted octanol–water partition coefficient (Wildman–Crippen LogP) is 3.94. The number of aromatic nitrogens is 3. The van der Waals surface area contributed by atoms with Gasteiger partial charge in [-0.1, -0.05) is 16.8 Å². The molecule has 0 amide bonds. The van der Waals surface area contributed by atoms with Crippen molar-refractivity contribution in [3.05, 3.63) is 46.8 Å². The molecule has 0 spiro atoms. The Balaban J connectivity index is 1.45. The number of oxazole rings is 1. The van der Waals surface area contributed by atoms with E-state index in [4.69, 9.17) is 20.5 Å². The number of aryl methyl sites for hydroxylation is 1. The molecule has 1 aliphatic rings. The SMILES string of the molecule is Cc1nc(C#N)c(N2CCC(c3nc(-c4ccc(Cl)cc4)no3)CC2)o1. The molecule has 26 heavy (non-hydrogen) atoms. The predicted molar refractivity (Wildman–Crippen MR) is 94.9 cm³/mol. The zero-order chi connectivity index (χ0) is 18.1. The summed E-state index contributed by atoms with van der Waals surface area (Å²) < 4.78 is 11.1. The molecule has 1 aromatic carbocycles. The summed E-state index contributed by atoms with van der Waals surface area (Å²) in [5.41, 5.74) is 1.21. The van der Waals surface area contributed by atoms with Crippen molar-refractivity contribution in [1.82, 2.24) is 15.1 Å². The van der Waals surface area contributed by atoms with Crippen molar-refractivity contribution in [1.29, 1.82) is 5.26 Å². The van der Waals surface area contributed by atoms with E-state index in [-0.39, 0.29) is 5.92 Å². The van der Waals surface area contributed by atoms with Gasteiger partial charge >= 0.3 is 0 Å². The van der Waals surface area contributed by atoms with E-state index in [2.05, 4.69) is 21.2 Å². The largest absolute Gasteiger partial charge is 0.424 e. The zero-order valence-electron chi connectivity index (χ0n) is 14.1. The van der Waals surface area contributed by atoms with Gasteiger partial charge in [0.15, 0.2) is 5.89 Å². The maximum Gasteiger partial charge on any atom is 0.234 e. The second-order valence-corrected chi connectivity index (χ2v) is 6.66. The highest BCUT2D eigenvalue weighted by Gasteiger charge is 2.28. The van der Waals surface area contributed by atoms with E-state index in [1.165, 1.54) is 0 Å². The van der Waals surface area contributed by atoms with Gasteiger partial charge in [0.05, 0.1) is 0 Å². The second kappa shape index (κ2) is 6.81. The summed E-state index contributed by atoms with van der Waals surface area (Å²) in [4.78, 5) is 10.7. The van der Waals surface area contributed by atoms with Crippen LogP contribution in [0.25, 0.3) is 11.4 Å². The van der Waals surface area contributed by atoms with Crippen LogP contribution in [0.1, 0.15) is 36.2 Å². The highest BCUT2D eigenvalue weighted by Crippen LogP contribution is 2.32. The lowest BCUT2D eigenvalue weighted by molar-refractivity contribution is 0.326. The molecule has 1 saturated heterocycles. The molecule has 1 aliphatic heterocycles. The van der Waals surface area contributed by atoms with Crippen LogP contribution in [0.3, 0.4) is 0 Å². The summed E-state index contributed by atoms with van der Waals surface area (Å²) in [6.45, 7) is 3.23. The topological polar surface area (TPSA) is 92.0 Å². The summed E-state index contributed by atoms with van der Waals surface area (Å²) in [7, 11) is 0. The molecule has 0 N–H and O–H groups in total. The fraction of sp³-hybridized carbons (Fsp3) is 0.333. The fourth-order valence-corrected chi connectivity index (χ4v) is 3.28. The van der Waals surface area contributed by atoms with Gasteiger partial charge in [0, 0.05) is 36.5 Å². The Morgan fingerprint density at radius 1 is 1.19 bits per heavy atom. The first-order valence-electron chi connectivity index (χ1n) is 8.36. The molecule has 3 aromatic rings. The van der Waals surface area contributed by atoms with Gasteiger partial charge < -0.3 is 13.8 Å². The normalized spacial score (nSPS) is 15.2. The maximum absolute atomic E-state index is 9.18. The van der Waals surface area contributed by atoms with Crippen molar-refractivity contribution < 1.29 is 8.94 Å². The van der Waals surface area contributed by atoms with Gasteiger partial charge in [-0.2, -0.15) is 10.2 Å². The fourth-order valence-electron chi connectivity index (χ4n) is 3.15. The summed E-state index contributed by atoms with van der Waals surface area (Å²) in [5, 5.41) is 13.9. The highest BCUT2D eigenvalue weighted by molar-refractivity contribution is 6.30. The minimum atomic E-state index is 0.189. The molecule has 1 fully saturated rings. The van der Waals surface area contributed by atoms with Crippen molar-refractivity contribution in [3.8, 4) is 17.5 Å². The highest BCUT2D eigenvalue weighted by atomic mass is 35.5. The molecular weight excluding hydrogens is 354 g/mol. The van der Waals surface area contributed by atoms with E-state index in [9.17, 15) is 5.26 Å². The average Bonchev–Trinajstić information content (AvgIpc) is 3.29. The molecule has 0 saturated carbocycles. The number of anilines is 1. The number of rotatable bonds is 3. The first kappa shape index (κ1) is 16.6. The minimum Gasteiger partial charge on any atom is -0.424 e. The Morgan fingerprint density at radius 2 is 1.92 bits per heavy atom. The maximum atomic E-state index is 9.18. The lowest BCUT2D eigenvalue weighted by Gasteiger charge is -2.29. The number of nitrogens with zero attached hydrogens (tertiary/aromatic N) is 5. The molecule has 2 aromatic heterocycles. The van der Waals surface area contributed by atoms with Gasteiger partial charge in [-0.3, -0.25) is 0 Å². The van der Waals surface area contributed by atoms with Gasteiger partial charge in [-0.25, -0.2) is 4.98 Å². The van der Waals surface area contributed by atoms with Crippen molar-refractivity contribution in [2.24, 2.45) is 0 Å². The molecule has 132 valence electrons. The number of hydrogen-bond acceptors (Lipinski definition) is 7. The van der Waals surface area contributed by atoms with E-state index in [0.29, 0.717) is 34.2 Å². The molecule has 4 rings (SSSR count). The van der Waals surface area contributed by atoms with Crippen LogP contribution >= 0.6 is 11.6 Å². The smallest absolute Gasteiger partial charge is 0.234 e. The third-order valence-corrected chi connectivity index (χ3v) is 4.75. The Hall–Kier alpha value is -2.85. The molecular formula is C18H16ClN5O2. The van der Waals surface area contributed by atoms with E-state index in [0.717, 1.165) is 31.5 Å². The van der Waals surface area contributed by atoms with Crippen LogP contribution < -0.4 is 4.90 Å². The number of piperidine rings is 1. The average molecular weight is 370 g/mol. The van der Waals surface area contributed by atoms with Gasteiger partial charge in [-0.05, 0) is 37.1 Å². The number of halogens is 1. The quantitative estimate of drug-likeness (QED) is 0.690. The molecule has 0 unspecified atom stereocenters. The van der Waals surface area contributed by atoms with Crippen LogP contribution in [-0.4, -0.2) is 28.2 Å². The lowest BCUT2D eigenvalue weighted by atomic mass is 9.97. The van der Waals surface area contributed by atoms with Crippen LogP contribution in [0.2, 0.25) is 5.02 Å². The summed E-state index contributed by atoms with van der Waals surface area (Å²) >= 11 is 5.91. The molecule has 8 heteroatoms. The van der Waals surface area contributed by atoms with Crippen LogP contribution in [0, 0.1) is 18.3 Å². The van der Waals surface area contributed by atoms with Crippen molar-refractivity contribution in [3.63, 3.8) is 0 Å². The molecule has 0 atom stereocenters. The van der Waals surface area contributed by atoms with Crippen molar-refractivity contribution in [2.75, 3.05) is 18.0 Å². The number of benzene rings is 1. The van der Waals surface area contributed by atoms with E-state index in [1.54, 1.807) is 19.1 Å². The molecule has 0 aliphatic carbocycles. The van der Waals surface area contributed by atoms with E-state index < -0.39 is 0 Å². The van der Waals surface area contributed by atoms with Crippen molar-refractivity contribution in [2.45, 2.75) is 25.7 Å². The number of hydrogen-bond donors (Lipinski definition) is 0. The zero-order valence-corrected chi connectivity index (χ0v) is 14.9. The molecule has 0 bridgehead atoms. The van der Waals surface area contributed by atoms with E-state index in [1.807, 2.05) is 17.0 Å². The molecule has 0 radical (unpaired) electrons. The van der Waals surface area contributed by atoms with Gasteiger partial charge in [0.2, 0.25) is 23.3 Å². The van der Waals surface area contributed by atoms with E-state index >= 15 is 0 Å². The molecule has 3 heterocycles. The minimum absolute atomic E-state index is 0.189. The summed E-state index contributed by atoms with van der Waals surface area (Å²) in [6.07, 6.45) is 1.68. The summed E-state index contributed by atoms with van der Waals surface area (Å²) in [5.74, 6) is 2.45. The Labute approximate surface area is 155 Å². The second-order valence-electron chi connectivity index (χ2n) is 6.22. The molecule has 7 nitrogen and oxygen atoms in total. The van der Waals surface area contributed by atoms with Crippen molar-refractivity contribution >= 4 is 17.5 Å². The summed E-state index contributed by atoms with van der Waals surface area (Å²) in [6, 6.07) is 9.43. The standard InChI is InChI=1S/C18H16ClN5O2/c1-11-21-15(10-20)18(25-11)24-8-6-13(7-9-24)17-22-16(23-26-17)12-2-4-14(19)5-3-12/h2-5,13H,6-9H2,1H3.